The van der Waals surface area contributed by atoms with Crippen LogP contribution in [0.4, 0.5) is 6.01 Å². The summed E-state index contributed by atoms with van der Waals surface area (Å²) in [6, 6.07) is 14.8. The Morgan fingerprint density at radius 1 is 1.07 bits per heavy atom. The van der Waals surface area contributed by atoms with Gasteiger partial charge in [-0.15, -0.1) is 5.10 Å². The lowest BCUT2D eigenvalue weighted by Gasteiger charge is -2.11. The molecular weight excluding hydrogens is 384 g/mol. The minimum atomic E-state index is -3.52. The highest BCUT2D eigenvalue weighted by Crippen LogP contribution is 2.22. The van der Waals surface area contributed by atoms with Gasteiger partial charge in [0.05, 0.1) is 4.90 Å². The van der Waals surface area contributed by atoms with Gasteiger partial charge in [0.2, 0.25) is 15.9 Å². The zero-order chi connectivity index (χ0) is 20.1. The van der Waals surface area contributed by atoms with Crippen LogP contribution in [0.5, 0.6) is 5.75 Å². The zero-order valence-electron chi connectivity index (χ0n) is 15.2. The number of hydrogen-bond donors (Lipinski definition) is 1. The highest BCUT2D eigenvalue weighted by molar-refractivity contribution is 7.89. The van der Waals surface area contributed by atoms with Gasteiger partial charge in [0.25, 0.3) is 5.91 Å². The number of aromatic nitrogens is 2. The maximum absolute atomic E-state index is 12.1. The van der Waals surface area contributed by atoms with Gasteiger partial charge in [-0.3, -0.25) is 10.1 Å². The largest absolute Gasteiger partial charge is 0.484 e. The van der Waals surface area contributed by atoms with E-state index in [1.54, 1.807) is 36.4 Å². The maximum atomic E-state index is 12.1. The Labute approximate surface area is 162 Å². The third-order valence-corrected chi connectivity index (χ3v) is 5.49. The van der Waals surface area contributed by atoms with E-state index in [1.807, 2.05) is 6.07 Å². The lowest BCUT2D eigenvalue weighted by atomic mass is 10.2. The molecule has 0 atom stereocenters. The fourth-order valence-corrected chi connectivity index (χ4v) is 3.09. The smallest absolute Gasteiger partial charge is 0.322 e. The maximum Gasteiger partial charge on any atom is 0.322 e. The molecule has 3 aromatic rings. The highest BCUT2D eigenvalue weighted by atomic mass is 32.2. The van der Waals surface area contributed by atoms with Crippen LogP contribution in [0.1, 0.15) is 0 Å². The van der Waals surface area contributed by atoms with Crippen molar-refractivity contribution in [2.45, 2.75) is 4.90 Å². The van der Waals surface area contributed by atoms with Crippen LogP contribution in [0, 0.1) is 0 Å². The predicted molar refractivity (Wildman–Crippen MR) is 101 cm³/mol. The SMILES string of the molecule is CN(C)S(=O)(=O)c1ccc(-c2nnc(NC(=O)COc3ccccc3)o2)cc1. The van der Waals surface area contributed by atoms with E-state index in [9.17, 15) is 13.2 Å². The number of carbonyl (C=O) groups excluding carboxylic acids is 1. The van der Waals surface area contributed by atoms with Crippen LogP contribution < -0.4 is 10.1 Å². The molecule has 0 aliphatic rings. The second-order valence-electron chi connectivity index (χ2n) is 5.87. The van der Waals surface area contributed by atoms with Crippen LogP contribution in [0.25, 0.3) is 11.5 Å². The first-order valence-corrected chi connectivity index (χ1v) is 9.64. The quantitative estimate of drug-likeness (QED) is 0.643. The number of nitrogens with zero attached hydrogens (tertiary/aromatic N) is 3. The molecule has 146 valence electrons. The Bertz CT molecular complexity index is 1050. The van der Waals surface area contributed by atoms with Crippen molar-refractivity contribution in [2.24, 2.45) is 0 Å². The lowest BCUT2D eigenvalue weighted by Crippen LogP contribution is -2.22. The molecule has 0 radical (unpaired) electrons. The summed E-state index contributed by atoms with van der Waals surface area (Å²) in [4.78, 5) is 12.1. The monoisotopic (exact) mass is 402 g/mol. The molecule has 3 rings (SSSR count). The van der Waals surface area contributed by atoms with Gasteiger partial charge in [-0.2, -0.15) is 0 Å². The molecule has 10 heteroatoms. The number of nitrogens with one attached hydrogen (secondary N) is 1. The molecule has 1 heterocycles. The van der Waals surface area contributed by atoms with Crippen molar-refractivity contribution in [3.63, 3.8) is 0 Å². The lowest BCUT2D eigenvalue weighted by molar-refractivity contribution is -0.118. The Morgan fingerprint density at radius 2 is 1.75 bits per heavy atom. The van der Waals surface area contributed by atoms with Crippen LogP contribution in [0.3, 0.4) is 0 Å². The van der Waals surface area contributed by atoms with Crippen molar-refractivity contribution >= 4 is 21.9 Å². The van der Waals surface area contributed by atoms with Crippen LogP contribution in [-0.4, -0.2) is 49.5 Å². The van der Waals surface area contributed by atoms with E-state index in [1.165, 1.54) is 26.2 Å². The second kappa shape index (κ2) is 8.19. The standard InChI is InChI=1S/C18H18N4O5S/c1-22(2)28(24,25)15-10-8-13(9-11-15)17-20-21-18(27-17)19-16(23)12-26-14-6-4-3-5-7-14/h3-11H,12H2,1-2H3,(H,19,21,23). The normalized spacial score (nSPS) is 11.4. The second-order valence-corrected chi connectivity index (χ2v) is 8.03. The Balaban J connectivity index is 1.63. The fourth-order valence-electron chi connectivity index (χ4n) is 2.19. The van der Waals surface area contributed by atoms with Gasteiger partial charge in [-0.05, 0) is 36.4 Å². The molecule has 28 heavy (non-hydrogen) atoms. The first kappa shape index (κ1) is 19.5. The molecule has 0 spiro atoms. The predicted octanol–water partition coefficient (Wildman–Crippen LogP) is 2.00. The Morgan fingerprint density at radius 3 is 2.39 bits per heavy atom. The average molecular weight is 402 g/mol. The molecule has 9 nitrogen and oxygen atoms in total. The van der Waals surface area contributed by atoms with E-state index < -0.39 is 15.9 Å². The van der Waals surface area contributed by atoms with E-state index in [4.69, 9.17) is 9.15 Å². The molecule has 0 bridgehead atoms. The fraction of sp³-hybridized carbons (Fsp3) is 0.167. The van der Waals surface area contributed by atoms with E-state index in [0.29, 0.717) is 11.3 Å². The summed E-state index contributed by atoms with van der Waals surface area (Å²) in [5.41, 5.74) is 0.520. The van der Waals surface area contributed by atoms with Gasteiger partial charge in [0, 0.05) is 19.7 Å². The molecule has 2 aromatic carbocycles. The summed E-state index contributed by atoms with van der Waals surface area (Å²) >= 11 is 0. The number of benzene rings is 2. The number of para-hydroxylation sites is 1. The molecule has 1 N–H and O–H groups in total. The summed E-state index contributed by atoms with van der Waals surface area (Å²) in [5.74, 6) is 0.260. The van der Waals surface area contributed by atoms with Crippen molar-refractivity contribution in [1.82, 2.24) is 14.5 Å². The molecule has 0 aliphatic carbocycles. The first-order chi connectivity index (χ1) is 13.4. The van der Waals surface area contributed by atoms with Gasteiger partial charge < -0.3 is 9.15 Å². The number of ether oxygens (including phenoxy) is 1. The summed E-state index contributed by atoms with van der Waals surface area (Å²) in [6.45, 7) is -0.210. The summed E-state index contributed by atoms with van der Waals surface area (Å²) in [5, 5.41) is 10.1. The van der Waals surface area contributed by atoms with E-state index in [0.717, 1.165) is 4.31 Å². The third kappa shape index (κ3) is 4.53. The average Bonchev–Trinajstić information content (AvgIpc) is 3.15. The number of sulfonamides is 1. The zero-order valence-corrected chi connectivity index (χ0v) is 16.0. The van der Waals surface area contributed by atoms with E-state index >= 15 is 0 Å². The summed E-state index contributed by atoms with van der Waals surface area (Å²) in [7, 11) is -0.608. The highest BCUT2D eigenvalue weighted by Gasteiger charge is 2.18. The van der Waals surface area contributed by atoms with Crippen molar-refractivity contribution < 1.29 is 22.4 Å². The van der Waals surface area contributed by atoms with Crippen LogP contribution >= 0.6 is 0 Å². The number of amides is 1. The number of carbonyl (C=O) groups is 1. The molecule has 0 fully saturated rings. The number of anilines is 1. The number of rotatable bonds is 7. The molecule has 0 saturated carbocycles. The van der Waals surface area contributed by atoms with Gasteiger partial charge in [-0.25, -0.2) is 12.7 Å². The van der Waals surface area contributed by atoms with Gasteiger partial charge in [-0.1, -0.05) is 23.3 Å². The van der Waals surface area contributed by atoms with E-state index in [-0.39, 0.29) is 23.4 Å². The number of hydrogen-bond acceptors (Lipinski definition) is 7. The Kier molecular flexibility index (Phi) is 5.71. The molecule has 0 aliphatic heterocycles. The van der Waals surface area contributed by atoms with Crippen LogP contribution in [0.2, 0.25) is 0 Å². The molecule has 1 aromatic heterocycles. The molecule has 0 saturated heterocycles. The third-order valence-electron chi connectivity index (χ3n) is 3.66. The van der Waals surface area contributed by atoms with Crippen LogP contribution in [-0.2, 0) is 14.8 Å². The first-order valence-electron chi connectivity index (χ1n) is 8.20. The molecule has 0 unspecified atom stereocenters. The minimum absolute atomic E-state index is 0.0818. The summed E-state index contributed by atoms with van der Waals surface area (Å²) in [6.07, 6.45) is 0. The molecule has 1 amide bonds. The van der Waals surface area contributed by atoms with E-state index in [2.05, 4.69) is 15.5 Å². The minimum Gasteiger partial charge on any atom is -0.484 e. The van der Waals surface area contributed by atoms with Crippen molar-refractivity contribution in [3.05, 3.63) is 54.6 Å². The Hall–Kier alpha value is -3.24. The van der Waals surface area contributed by atoms with Crippen molar-refractivity contribution in [2.75, 3.05) is 26.0 Å². The van der Waals surface area contributed by atoms with Crippen LogP contribution in [0.15, 0.2) is 63.9 Å². The van der Waals surface area contributed by atoms with Gasteiger partial charge in [0.15, 0.2) is 6.61 Å². The van der Waals surface area contributed by atoms with Crippen molar-refractivity contribution in [3.8, 4) is 17.2 Å². The summed E-state index contributed by atoms with van der Waals surface area (Å²) < 4.78 is 36.0. The topological polar surface area (TPSA) is 115 Å². The molecular formula is C18H18N4O5S. The van der Waals surface area contributed by atoms with Gasteiger partial charge >= 0.3 is 6.01 Å². The van der Waals surface area contributed by atoms with Crippen molar-refractivity contribution in [1.29, 1.82) is 0 Å². The van der Waals surface area contributed by atoms with Gasteiger partial charge in [0.1, 0.15) is 5.75 Å².